The Hall–Kier alpha value is -4.01. The lowest BCUT2D eigenvalue weighted by molar-refractivity contribution is -0.384. The predicted octanol–water partition coefficient (Wildman–Crippen LogP) is 3.35. The van der Waals surface area contributed by atoms with Crippen LogP contribution in [0.3, 0.4) is 0 Å². The molecule has 0 amide bonds. The number of pyridine rings is 2. The van der Waals surface area contributed by atoms with E-state index in [-0.39, 0.29) is 17.1 Å². The van der Waals surface area contributed by atoms with Gasteiger partial charge in [-0.25, -0.2) is 14.8 Å². The molecule has 0 fully saturated rings. The first-order valence-electron chi connectivity index (χ1n) is 9.78. The van der Waals surface area contributed by atoms with Crippen LogP contribution in [0.5, 0.6) is 0 Å². The summed E-state index contributed by atoms with van der Waals surface area (Å²) in [5.41, 5.74) is 3.28. The number of fused-ring (bicyclic) bond motifs is 1. The van der Waals surface area contributed by atoms with Gasteiger partial charge in [-0.1, -0.05) is 30.3 Å². The molecule has 31 heavy (non-hydrogen) atoms. The summed E-state index contributed by atoms with van der Waals surface area (Å²) in [7, 11) is 1.21. The van der Waals surface area contributed by atoms with Crippen molar-refractivity contribution in [2.75, 3.05) is 23.9 Å². The fraction of sp³-hybridized carbons (Fsp3) is 0.227. The predicted molar refractivity (Wildman–Crippen MR) is 115 cm³/mol. The van der Waals surface area contributed by atoms with Crippen LogP contribution in [0, 0.1) is 10.1 Å². The van der Waals surface area contributed by atoms with Gasteiger partial charge >= 0.3 is 11.7 Å². The van der Waals surface area contributed by atoms with Crippen LogP contribution in [-0.4, -0.2) is 34.5 Å². The van der Waals surface area contributed by atoms with Crippen LogP contribution in [0.1, 0.15) is 27.0 Å². The zero-order valence-corrected chi connectivity index (χ0v) is 16.9. The molecule has 1 aliphatic heterocycles. The van der Waals surface area contributed by atoms with Gasteiger partial charge in [-0.15, -0.1) is 0 Å². The maximum atomic E-state index is 11.6. The third-order valence-corrected chi connectivity index (χ3v) is 5.21. The number of esters is 1. The van der Waals surface area contributed by atoms with E-state index in [9.17, 15) is 14.9 Å². The molecule has 0 saturated carbocycles. The molecule has 4 rings (SSSR count). The fourth-order valence-electron chi connectivity index (χ4n) is 3.54. The summed E-state index contributed by atoms with van der Waals surface area (Å²) in [5.74, 6) is 0.293. The first-order valence-corrected chi connectivity index (χ1v) is 9.78. The molecule has 9 heteroatoms. The molecule has 3 heterocycles. The minimum atomic E-state index is -0.678. The Morgan fingerprint density at radius 3 is 2.71 bits per heavy atom. The molecule has 1 N–H and O–H groups in total. The highest BCUT2D eigenvalue weighted by molar-refractivity contribution is 5.90. The van der Waals surface area contributed by atoms with Crippen LogP contribution in [0.15, 0.2) is 54.9 Å². The monoisotopic (exact) mass is 419 g/mol. The summed E-state index contributed by atoms with van der Waals surface area (Å²) < 4.78 is 4.59. The van der Waals surface area contributed by atoms with Crippen molar-refractivity contribution in [1.29, 1.82) is 0 Å². The number of hydrogen-bond acceptors (Lipinski definition) is 8. The Morgan fingerprint density at radius 2 is 2.00 bits per heavy atom. The lowest BCUT2D eigenvalue weighted by Gasteiger charge is -2.29. The molecule has 2 aromatic heterocycles. The quantitative estimate of drug-likeness (QED) is 0.368. The number of methoxy groups -OCH3 is 1. The first kappa shape index (κ1) is 20.3. The summed E-state index contributed by atoms with van der Waals surface area (Å²) in [6.07, 6.45) is 3.98. The van der Waals surface area contributed by atoms with Gasteiger partial charge in [-0.3, -0.25) is 10.1 Å². The highest BCUT2D eigenvalue weighted by Gasteiger charge is 2.20. The van der Waals surface area contributed by atoms with Crippen LogP contribution >= 0.6 is 0 Å². The number of carbonyl (C=O) groups is 1. The van der Waals surface area contributed by atoms with Crippen molar-refractivity contribution in [2.24, 2.45) is 0 Å². The standard InChI is InChI=1S/C22H21N5O4/c1-31-22(28)18-10-19(27(29)30)21(25-13-18)24-12-15-6-7-20(23-11-15)26-9-8-16-4-2-3-5-17(16)14-26/h2-7,10-11,13H,8-9,12,14H2,1H3,(H,24,25). The molecular weight excluding hydrogens is 398 g/mol. The Labute approximate surface area is 178 Å². The zero-order chi connectivity index (χ0) is 21.8. The van der Waals surface area contributed by atoms with Gasteiger partial charge in [0.25, 0.3) is 0 Å². The number of aromatic nitrogens is 2. The molecule has 0 unspecified atom stereocenters. The summed E-state index contributed by atoms with van der Waals surface area (Å²) in [6, 6.07) is 13.5. The molecule has 9 nitrogen and oxygen atoms in total. The first-order chi connectivity index (χ1) is 15.0. The molecule has 1 aliphatic rings. The third-order valence-electron chi connectivity index (χ3n) is 5.21. The van der Waals surface area contributed by atoms with Crippen molar-refractivity contribution in [2.45, 2.75) is 19.5 Å². The Morgan fingerprint density at radius 1 is 1.19 bits per heavy atom. The largest absolute Gasteiger partial charge is 0.465 e. The van der Waals surface area contributed by atoms with Gasteiger partial charge in [-0.05, 0) is 29.2 Å². The SMILES string of the molecule is COC(=O)c1cnc(NCc2ccc(N3CCc4ccccc4C3)nc2)c([N+](=O)[O-])c1. The van der Waals surface area contributed by atoms with Crippen molar-refractivity contribution < 1.29 is 14.5 Å². The number of ether oxygens (including phenoxy) is 1. The lowest BCUT2D eigenvalue weighted by Crippen LogP contribution is -2.30. The van der Waals surface area contributed by atoms with Crippen molar-refractivity contribution in [3.8, 4) is 0 Å². The van der Waals surface area contributed by atoms with E-state index < -0.39 is 10.9 Å². The van der Waals surface area contributed by atoms with Crippen LogP contribution < -0.4 is 10.2 Å². The van der Waals surface area contributed by atoms with E-state index in [4.69, 9.17) is 0 Å². The van der Waals surface area contributed by atoms with Crippen LogP contribution in [0.4, 0.5) is 17.3 Å². The van der Waals surface area contributed by atoms with E-state index in [0.29, 0.717) is 6.54 Å². The summed E-state index contributed by atoms with van der Waals surface area (Å²) in [5, 5.41) is 14.3. The number of nitrogens with zero attached hydrogens (tertiary/aromatic N) is 4. The van der Waals surface area contributed by atoms with Gasteiger partial charge in [0.05, 0.1) is 17.6 Å². The van der Waals surface area contributed by atoms with Crippen LogP contribution in [-0.2, 0) is 24.2 Å². The smallest absolute Gasteiger partial charge is 0.339 e. The van der Waals surface area contributed by atoms with Gasteiger partial charge < -0.3 is 15.0 Å². The van der Waals surface area contributed by atoms with E-state index >= 15 is 0 Å². The molecule has 0 radical (unpaired) electrons. The van der Waals surface area contributed by atoms with E-state index in [1.165, 1.54) is 24.4 Å². The van der Waals surface area contributed by atoms with Crippen molar-refractivity contribution in [1.82, 2.24) is 9.97 Å². The van der Waals surface area contributed by atoms with Crippen molar-refractivity contribution in [3.05, 3.63) is 87.2 Å². The average molecular weight is 419 g/mol. The van der Waals surface area contributed by atoms with E-state index in [1.54, 1.807) is 6.20 Å². The highest BCUT2D eigenvalue weighted by atomic mass is 16.6. The molecular formula is C22H21N5O4. The molecule has 0 saturated heterocycles. The molecule has 0 spiro atoms. The van der Waals surface area contributed by atoms with Crippen molar-refractivity contribution in [3.63, 3.8) is 0 Å². The van der Waals surface area contributed by atoms with Crippen LogP contribution in [0.2, 0.25) is 0 Å². The number of carbonyl (C=O) groups excluding carboxylic acids is 1. The molecule has 3 aromatic rings. The van der Waals surface area contributed by atoms with Gasteiger partial charge in [0.2, 0.25) is 5.82 Å². The number of hydrogen-bond donors (Lipinski definition) is 1. The minimum Gasteiger partial charge on any atom is -0.465 e. The Kier molecular flexibility index (Phi) is 5.74. The van der Waals surface area contributed by atoms with Gasteiger partial charge in [0.15, 0.2) is 0 Å². The summed E-state index contributed by atoms with van der Waals surface area (Å²) >= 11 is 0. The van der Waals surface area contributed by atoms with Gasteiger partial charge in [0, 0.05) is 38.1 Å². The number of rotatable bonds is 6. The van der Waals surface area contributed by atoms with Gasteiger partial charge in [-0.2, -0.15) is 0 Å². The Balaban J connectivity index is 1.43. The Bertz CT molecular complexity index is 1120. The van der Waals surface area contributed by atoms with E-state index in [0.717, 1.165) is 37.0 Å². The lowest BCUT2D eigenvalue weighted by atomic mass is 10.00. The second-order valence-corrected chi connectivity index (χ2v) is 7.16. The van der Waals surface area contributed by atoms with E-state index in [1.807, 2.05) is 12.1 Å². The molecule has 0 atom stereocenters. The summed E-state index contributed by atoms with van der Waals surface area (Å²) in [6.45, 7) is 2.04. The average Bonchev–Trinajstić information content (AvgIpc) is 2.82. The third kappa shape index (κ3) is 4.45. The number of benzene rings is 1. The van der Waals surface area contributed by atoms with Gasteiger partial charge in [0.1, 0.15) is 5.82 Å². The van der Waals surface area contributed by atoms with Crippen molar-refractivity contribution >= 4 is 23.3 Å². The van der Waals surface area contributed by atoms with E-state index in [2.05, 4.69) is 49.2 Å². The molecule has 0 aliphatic carbocycles. The fourth-order valence-corrected chi connectivity index (χ4v) is 3.54. The maximum absolute atomic E-state index is 11.6. The minimum absolute atomic E-state index is 0.0221. The molecule has 158 valence electrons. The normalized spacial score (nSPS) is 12.7. The summed E-state index contributed by atoms with van der Waals surface area (Å²) in [4.78, 5) is 33.2. The number of nitrogens with one attached hydrogen (secondary N) is 1. The number of anilines is 2. The number of nitro groups is 1. The molecule has 1 aromatic carbocycles. The zero-order valence-electron chi connectivity index (χ0n) is 16.9. The van der Waals surface area contributed by atoms with Crippen LogP contribution in [0.25, 0.3) is 0 Å². The topological polar surface area (TPSA) is 110 Å². The molecule has 0 bridgehead atoms. The second-order valence-electron chi connectivity index (χ2n) is 7.16. The maximum Gasteiger partial charge on any atom is 0.339 e. The highest BCUT2D eigenvalue weighted by Crippen LogP contribution is 2.25. The second kappa shape index (κ2) is 8.78.